The van der Waals surface area contributed by atoms with Crippen molar-refractivity contribution in [3.05, 3.63) is 95.6 Å². The van der Waals surface area contributed by atoms with Crippen molar-refractivity contribution in [2.75, 3.05) is 33.9 Å². The Hall–Kier alpha value is -3.51. The van der Waals surface area contributed by atoms with Gasteiger partial charge in [0.05, 0.1) is 20.3 Å². The normalized spacial score (nSPS) is 19.1. The Kier molecular flexibility index (Phi) is 7.42. The highest BCUT2D eigenvalue weighted by molar-refractivity contribution is 5.78. The van der Waals surface area contributed by atoms with Gasteiger partial charge in [0, 0.05) is 38.8 Å². The molecular formula is C30H35N3O3. The third-order valence-corrected chi connectivity index (χ3v) is 7.47. The van der Waals surface area contributed by atoms with E-state index < -0.39 is 0 Å². The number of hydrogen-bond donors (Lipinski definition) is 0. The summed E-state index contributed by atoms with van der Waals surface area (Å²) in [5, 5.41) is 0. The number of amides is 2. The van der Waals surface area contributed by atoms with Gasteiger partial charge in [-0.15, -0.1) is 0 Å². The Labute approximate surface area is 214 Å². The zero-order valence-electron chi connectivity index (χ0n) is 21.2. The fourth-order valence-corrected chi connectivity index (χ4v) is 5.51. The lowest BCUT2D eigenvalue weighted by Crippen LogP contribution is -2.46. The van der Waals surface area contributed by atoms with Crippen LogP contribution in [0.1, 0.15) is 35.6 Å². The third-order valence-electron chi connectivity index (χ3n) is 7.47. The summed E-state index contributed by atoms with van der Waals surface area (Å²) in [4.78, 5) is 20.5. The largest absolute Gasteiger partial charge is 0.493 e. The first-order chi connectivity index (χ1) is 17.7. The molecule has 1 unspecified atom stereocenters. The van der Waals surface area contributed by atoms with Crippen LogP contribution in [-0.2, 0) is 13.1 Å². The Balaban J connectivity index is 1.31. The fraction of sp³-hybridized carbons (Fsp3) is 0.367. The highest BCUT2D eigenvalue weighted by Gasteiger charge is 2.42. The monoisotopic (exact) mass is 485 g/mol. The molecule has 188 valence electrons. The standard InChI is InChI=1S/C30H35N3O3/c1-35-28-14-13-24(19-29(28)36-2)21-33-27(25-11-7-4-8-12-25)22-32(30(33)34)26-15-17-31(18-16-26)20-23-9-5-3-6-10-23/h3-14,19,26-27H,15-18,20-22H2,1-2H3. The summed E-state index contributed by atoms with van der Waals surface area (Å²) >= 11 is 0. The molecule has 0 radical (unpaired) electrons. The van der Waals surface area contributed by atoms with E-state index in [2.05, 4.69) is 64.4 Å². The maximum atomic E-state index is 13.8. The molecule has 2 amide bonds. The predicted octanol–water partition coefficient (Wildman–Crippen LogP) is 5.35. The molecule has 6 nitrogen and oxygen atoms in total. The summed E-state index contributed by atoms with van der Waals surface area (Å²) in [6, 6.07) is 27.3. The molecule has 1 atom stereocenters. The predicted molar refractivity (Wildman–Crippen MR) is 141 cm³/mol. The number of benzene rings is 3. The van der Waals surface area contributed by atoms with Crippen molar-refractivity contribution >= 4 is 6.03 Å². The first-order valence-electron chi connectivity index (χ1n) is 12.8. The quantitative estimate of drug-likeness (QED) is 0.432. The summed E-state index contributed by atoms with van der Waals surface area (Å²) in [6.45, 7) is 4.24. The second-order valence-corrected chi connectivity index (χ2v) is 9.67. The SMILES string of the molecule is COc1ccc(CN2C(=O)N(C3CCN(Cc4ccccc4)CC3)CC2c2ccccc2)cc1OC. The molecule has 0 bridgehead atoms. The van der Waals surface area contributed by atoms with Crippen molar-refractivity contribution in [2.24, 2.45) is 0 Å². The molecule has 6 heteroatoms. The van der Waals surface area contributed by atoms with Crippen LogP contribution in [0.15, 0.2) is 78.9 Å². The van der Waals surface area contributed by atoms with E-state index in [1.807, 2.05) is 29.2 Å². The number of likely N-dealkylation sites (tertiary alicyclic amines) is 1. The van der Waals surface area contributed by atoms with Crippen LogP contribution < -0.4 is 9.47 Å². The van der Waals surface area contributed by atoms with Crippen molar-refractivity contribution < 1.29 is 14.3 Å². The topological polar surface area (TPSA) is 45.2 Å². The van der Waals surface area contributed by atoms with E-state index in [0.29, 0.717) is 18.0 Å². The van der Waals surface area contributed by atoms with Crippen LogP contribution in [0, 0.1) is 0 Å². The summed E-state index contributed by atoms with van der Waals surface area (Å²) in [7, 11) is 3.28. The van der Waals surface area contributed by atoms with Gasteiger partial charge >= 0.3 is 6.03 Å². The van der Waals surface area contributed by atoms with Crippen molar-refractivity contribution in [1.29, 1.82) is 0 Å². The Morgan fingerprint density at radius 3 is 2.11 bits per heavy atom. The third kappa shape index (κ3) is 5.19. The number of ether oxygens (including phenoxy) is 2. The van der Waals surface area contributed by atoms with Gasteiger partial charge in [-0.3, -0.25) is 4.90 Å². The molecule has 0 spiro atoms. The van der Waals surface area contributed by atoms with Gasteiger partial charge in [0.15, 0.2) is 11.5 Å². The highest BCUT2D eigenvalue weighted by Crippen LogP contribution is 2.36. The minimum atomic E-state index is 0.0224. The number of methoxy groups -OCH3 is 2. The minimum absolute atomic E-state index is 0.0224. The van der Waals surface area contributed by atoms with Crippen LogP contribution in [-0.4, -0.2) is 60.6 Å². The highest BCUT2D eigenvalue weighted by atomic mass is 16.5. The van der Waals surface area contributed by atoms with Gasteiger partial charge in [-0.25, -0.2) is 4.79 Å². The molecule has 0 saturated carbocycles. The van der Waals surface area contributed by atoms with Gasteiger partial charge in [0.2, 0.25) is 0 Å². The van der Waals surface area contributed by atoms with E-state index in [9.17, 15) is 4.79 Å². The average Bonchev–Trinajstić information content (AvgIpc) is 3.25. The van der Waals surface area contributed by atoms with Crippen LogP contribution in [0.3, 0.4) is 0 Å². The van der Waals surface area contributed by atoms with Crippen LogP contribution in [0.4, 0.5) is 4.79 Å². The van der Waals surface area contributed by atoms with Crippen LogP contribution >= 0.6 is 0 Å². The molecule has 2 saturated heterocycles. The number of rotatable bonds is 8. The van der Waals surface area contributed by atoms with Crippen LogP contribution in [0.2, 0.25) is 0 Å². The fourth-order valence-electron chi connectivity index (χ4n) is 5.51. The van der Waals surface area contributed by atoms with Gasteiger partial charge in [-0.05, 0) is 41.7 Å². The summed E-state index contributed by atoms with van der Waals surface area (Å²) in [6.07, 6.45) is 2.01. The molecular weight excluding hydrogens is 450 g/mol. The second-order valence-electron chi connectivity index (χ2n) is 9.67. The zero-order valence-corrected chi connectivity index (χ0v) is 21.2. The maximum absolute atomic E-state index is 13.8. The van der Waals surface area contributed by atoms with Crippen molar-refractivity contribution in [3.8, 4) is 11.5 Å². The lowest BCUT2D eigenvalue weighted by molar-refractivity contribution is 0.126. The van der Waals surface area contributed by atoms with Crippen molar-refractivity contribution in [1.82, 2.24) is 14.7 Å². The van der Waals surface area contributed by atoms with Crippen LogP contribution in [0.5, 0.6) is 11.5 Å². The average molecular weight is 486 g/mol. The van der Waals surface area contributed by atoms with Gasteiger partial charge in [-0.1, -0.05) is 66.7 Å². The number of nitrogens with zero attached hydrogens (tertiary/aromatic N) is 3. The molecule has 2 fully saturated rings. The lowest BCUT2D eigenvalue weighted by Gasteiger charge is -2.36. The van der Waals surface area contributed by atoms with Crippen LogP contribution in [0.25, 0.3) is 0 Å². The van der Waals surface area contributed by atoms with E-state index in [1.165, 1.54) is 11.1 Å². The molecule has 2 heterocycles. The lowest BCUT2D eigenvalue weighted by atomic mass is 10.0. The number of carbonyl (C=O) groups is 1. The molecule has 3 aromatic rings. The van der Waals surface area contributed by atoms with Crippen molar-refractivity contribution in [2.45, 2.75) is 38.0 Å². The number of carbonyl (C=O) groups excluding carboxylic acids is 1. The molecule has 3 aromatic carbocycles. The smallest absolute Gasteiger partial charge is 0.321 e. The Morgan fingerprint density at radius 1 is 0.778 bits per heavy atom. The first-order valence-corrected chi connectivity index (χ1v) is 12.8. The summed E-state index contributed by atoms with van der Waals surface area (Å²) in [5.41, 5.74) is 3.55. The van der Waals surface area contributed by atoms with Gasteiger partial charge in [-0.2, -0.15) is 0 Å². The molecule has 36 heavy (non-hydrogen) atoms. The Morgan fingerprint density at radius 2 is 1.44 bits per heavy atom. The van der Waals surface area contributed by atoms with Gasteiger partial charge < -0.3 is 19.3 Å². The van der Waals surface area contributed by atoms with Gasteiger partial charge in [0.1, 0.15) is 0 Å². The number of piperidine rings is 1. The molecule has 2 aliphatic heterocycles. The van der Waals surface area contributed by atoms with Crippen molar-refractivity contribution in [3.63, 3.8) is 0 Å². The van der Waals surface area contributed by atoms with E-state index in [1.54, 1.807) is 14.2 Å². The zero-order chi connectivity index (χ0) is 24.9. The molecule has 0 N–H and O–H groups in total. The second kappa shape index (κ2) is 11.0. The van der Waals surface area contributed by atoms with E-state index in [-0.39, 0.29) is 18.1 Å². The molecule has 0 aromatic heterocycles. The van der Waals surface area contributed by atoms with Gasteiger partial charge in [0.25, 0.3) is 0 Å². The van der Waals surface area contributed by atoms with E-state index in [4.69, 9.17) is 9.47 Å². The van der Waals surface area contributed by atoms with E-state index in [0.717, 1.165) is 44.6 Å². The molecule has 0 aliphatic carbocycles. The maximum Gasteiger partial charge on any atom is 0.321 e. The minimum Gasteiger partial charge on any atom is -0.493 e. The van der Waals surface area contributed by atoms with E-state index >= 15 is 0 Å². The molecule has 5 rings (SSSR count). The number of urea groups is 1. The number of hydrogen-bond acceptors (Lipinski definition) is 4. The summed E-state index contributed by atoms with van der Waals surface area (Å²) < 4.78 is 10.9. The Bertz CT molecular complexity index is 1150. The summed E-state index contributed by atoms with van der Waals surface area (Å²) in [5.74, 6) is 1.37. The molecule has 2 aliphatic rings. The first kappa shape index (κ1) is 24.2.